The van der Waals surface area contributed by atoms with Gasteiger partial charge in [0.25, 0.3) is 0 Å². The minimum atomic E-state index is -0.983. The molecule has 27 heavy (non-hydrogen) atoms. The number of benzene rings is 2. The van der Waals surface area contributed by atoms with Gasteiger partial charge in [0.2, 0.25) is 0 Å². The molecule has 0 amide bonds. The third kappa shape index (κ3) is 6.25. The summed E-state index contributed by atoms with van der Waals surface area (Å²) in [5.74, 6) is 1.04. The summed E-state index contributed by atoms with van der Waals surface area (Å²) < 4.78 is 19.1. The van der Waals surface area contributed by atoms with E-state index in [1.54, 1.807) is 25.3 Å². The van der Waals surface area contributed by atoms with E-state index < -0.39 is 11.9 Å². The second-order valence-corrected chi connectivity index (χ2v) is 6.24. The Morgan fingerprint density at radius 2 is 2.00 bits per heavy atom. The van der Waals surface area contributed by atoms with E-state index in [0.29, 0.717) is 19.0 Å². The van der Waals surface area contributed by atoms with Gasteiger partial charge in [0.05, 0.1) is 13.7 Å². The molecule has 0 radical (unpaired) electrons. The molecule has 0 bridgehead atoms. The Hall–Kier alpha value is -2.60. The van der Waals surface area contributed by atoms with Crippen molar-refractivity contribution in [3.8, 4) is 5.75 Å². The third-order valence-electron chi connectivity index (χ3n) is 4.21. The van der Waals surface area contributed by atoms with E-state index >= 15 is 0 Å². The molecule has 0 spiro atoms. The van der Waals surface area contributed by atoms with Crippen molar-refractivity contribution < 1.29 is 14.2 Å². The molecule has 0 aromatic heterocycles. The van der Waals surface area contributed by atoms with Crippen LogP contribution in [0.4, 0.5) is 4.39 Å². The molecule has 0 aliphatic rings. The molecule has 0 aliphatic heterocycles. The minimum absolute atomic E-state index is 0.0780. The van der Waals surface area contributed by atoms with Crippen molar-refractivity contribution in [1.29, 1.82) is 0 Å². The first-order valence-corrected chi connectivity index (χ1v) is 9.13. The fourth-order valence-electron chi connectivity index (χ4n) is 2.71. The molecule has 1 unspecified atom stereocenters. The number of hydrogen-bond acceptors (Lipinski definition) is 3. The van der Waals surface area contributed by atoms with Crippen LogP contribution in [0.25, 0.3) is 0 Å². The normalized spacial score (nSPS) is 12.6. The smallest absolute Gasteiger partial charge is 0.191 e. The summed E-state index contributed by atoms with van der Waals surface area (Å²) in [6.07, 6.45) is -0.181. The van der Waals surface area contributed by atoms with Crippen LogP contribution in [0.5, 0.6) is 5.75 Å². The zero-order valence-corrected chi connectivity index (χ0v) is 16.1. The number of nitrogens with zero attached hydrogens (tertiary/aromatic N) is 1. The average Bonchev–Trinajstić information content (AvgIpc) is 2.67. The van der Waals surface area contributed by atoms with E-state index in [1.807, 2.05) is 26.0 Å². The van der Waals surface area contributed by atoms with Gasteiger partial charge in [-0.1, -0.05) is 30.3 Å². The second kappa shape index (κ2) is 10.5. The Bertz CT molecular complexity index is 765. The molecule has 0 saturated heterocycles. The van der Waals surface area contributed by atoms with E-state index in [2.05, 4.69) is 21.7 Å². The maximum atomic E-state index is 13.7. The van der Waals surface area contributed by atoms with E-state index in [1.165, 1.54) is 6.07 Å². The van der Waals surface area contributed by atoms with Crippen molar-refractivity contribution in [3.05, 3.63) is 65.0 Å². The number of ether oxygens (including phenoxy) is 1. The summed E-state index contributed by atoms with van der Waals surface area (Å²) in [6, 6.07) is 12.3. The van der Waals surface area contributed by atoms with Crippen LogP contribution in [0.15, 0.2) is 47.5 Å². The summed E-state index contributed by atoms with van der Waals surface area (Å²) >= 11 is 0. The summed E-state index contributed by atoms with van der Waals surface area (Å²) in [6.45, 7) is 5.43. The fourth-order valence-corrected chi connectivity index (χ4v) is 2.71. The van der Waals surface area contributed by atoms with Crippen molar-refractivity contribution in [2.75, 3.05) is 26.7 Å². The van der Waals surface area contributed by atoms with Crippen molar-refractivity contribution in [2.45, 2.75) is 26.4 Å². The maximum Gasteiger partial charge on any atom is 0.191 e. The number of nitrogens with one attached hydrogen (secondary N) is 2. The first-order valence-electron chi connectivity index (χ1n) is 9.13. The molecule has 6 heteroatoms. The molecule has 0 fully saturated rings. The molecule has 0 saturated carbocycles. The van der Waals surface area contributed by atoms with Gasteiger partial charge in [-0.15, -0.1) is 0 Å². The average molecular weight is 373 g/mol. The third-order valence-corrected chi connectivity index (χ3v) is 4.21. The molecule has 1 atom stereocenters. The van der Waals surface area contributed by atoms with Crippen LogP contribution in [0.2, 0.25) is 0 Å². The van der Waals surface area contributed by atoms with Crippen LogP contribution in [0.3, 0.4) is 0 Å². The summed E-state index contributed by atoms with van der Waals surface area (Å²) in [5, 5.41) is 16.6. The monoisotopic (exact) mass is 373 g/mol. The Balaban J connectivity index is 1.92. The number of rotatable bonds is 8. The zero-order valence-electron chi connectivity index (χ0n) is 16.1. The van der Waals surface area contributed by atoms with Crippen LogP contribution in [0, 0.1) is 12.7 Å². The standard InChI is InChI=1S/C21H28FN3O2/c1-4-23-21(25-14-19(26)17-7-5-6-8-18(17)22)24-12-11-16-10-9-15(2)20(13-16)27-3/h5-10,13,19,26H,4,11-12,14H2,1-3H3,(H2,23,24,25). The van der Waals surface area contributed by atoms with Crippen molar-refractivity contribution in [2.24, 2.45) is 4.99 Å². The van der Waals surface area contributed by atoms with E-state index in [9.17, 15) is 9.50 Å². The van der Waals surface area contributed by atoms with Crippen molar-refractivity contribution >= 4 is 5.96 Å². The van der Waals surface area contributed by atoms with E-state index in [-0.39, 0.29) is 12.1 Å². The van der Waals surface area contributed by atoms with Gasteiger partial charge in [0.1, 0.15) is 17.7 Å². The predicted molar refractivity (Wildman–Crippen MR) is 107 cm³/mol. The van der Waals surface area contributed by atoms with Gasteiger partial charge in [-0.25, -0.2) is 4.39 Å². The number of aliphatic imine (C=N–C) groups is 1. The number of halogens is 1. The lowest BCUT2D eigenvalue weighted by Gasteiger charge is -2.14. The maximum absolute atomic E-state index is 13.7. The van der Waals surface area contributed by atoms with Crippen LogP contribution < -0.4 is 15.4 Å². The van der Waals surface area contributed by atoms with Gasteiger partial charge in [0, 0.05) is 18.7 Å². The van der Waals surface area contributed by atoms with Gasteiger partial charge >= 0.3 is 0 Å². The SMILES string of the molecule is CCNC(=NCC(O)c1ccccc1F)NCCc1ccc(C)c(OC)c1. The molecule has 2 rings (SSSR count). The fraction of sp³-hybridized carbons (Fsp3) is 0.381. The van der Waals surface area contributed by atoms with Crippen LogP contribution in [-0.2, 0) is 6.42 Å². The topological polar surface area (TPSA) is 65.9 Å². The van der Waals surface area contributed by atoms with Gasteiger partial charge in [-0.2, -0.15) is 0 Å². The summed E-state index contributed by atoms with van der Waals surface area (Å²) in [4.78, 5) is 4.36. The lowest BCUT2D eigenvalue weighted by atomic mass is 10.1. The Morgan fingerprint density at radius 3 is 2.70 bits per heavy atom. The van der Waals surface area contributed by atoms with Crippen molar-refractivity contribution in [3.63, 3.8) is 0 Å². The molecule has 2 aromatic rings. The number of hydrogen-bond donors (Lipinski definition) is 3. The molecule has 3 N–H and O–H groups in total. The second-order valence-electron chi connectivity index (χ2n) is 6.24. The molecule has 5 nitrogen and oxygen atoms in total. The molecule has 0 heterocycles. The van der Waals surface area contributed by atoms with E-state index in [4.69, 9.17) is 4.74 Å². The lowest BCUT2D eigenvalue weighted by molar-refractivity contribution is 0.182. The Labute approximate surface area is 160 Å². The molecule has 0 aliphatic carbocycles. The quantitative estimate of drug-likeness (QED) is 0.492. The highest BCUT2D eigenvalue weighted by Crippen LogP contribution is 2.19. The summed E-state index contributed by atoms with van der Waals surface area (Å²) in [5.41, 5.74) is 2.52. The lowest BCUT2D eigenvalue weighted by Crippen LogP contribution is -2.38. The van der Waals surface area contributed by atoms with E-state index in [0.717, 1.165) is 23.3 Å². The number of guanidine groups is 1. The first kappa shape index (κ1) is 20.7. The predicted octanol–water partition coefficient (Wildman–Crippen LogP) is 2.97. The molecular formula is C21H28FN3O2. The van der Waals surface area contributed by atoms with Crippen LogP contribution in [-0.4, -0.2) is 37.8 Å². The summed E-state index contributed by atoms with van der Waals surface area (Å²) in [7, 11) is 1.67. The number of aliphatic hydroxyl groups excluding tert-OH is 1. The van der Waals surface area contributed by atoms with Gasteiger partial charge in [-0.05, 0) is 43.5 Å². The molecule has 146 valence electrons. The minimum Gasteiger partial charge on any atom is -0.496 e. The highest BCUT2D eigenvalue weighted by atomic mass is 19.1. The van der Waals surface area contributed by atoms with Gasteiger partial charge in [0.15, 0.2) is 5.96 Å². The van der Waals surface area contributed by atoms with Crippen molar-refractivity contribution in [1.82, 2.24) is 10.6 Å². The highest BCUT2D eigenvalue weighted by molar-refractivity contribution is 5.79. The number of methoxy groups -OCH3 is 1. The van der Waals surface area contributed by atoms with Gasteiger partial charge in [-0.3, -0.25) is 4.99 Å². The molecule has 2 aromatic carbocycles. The Morgan fingerprint density at radius 1 is 1.22 bits per heavy atom. The Kier molecular flexibility index (Phi) is 8.07. The van der Waals surface area contributed by atoms with Crippen LogP contribution in [0.1, 0.15) is 29.7 Å². The van der Waals surface area contributed by atoms with Gasteiger partial charge < -0.3 is 20.5 Å². The largest absolute Gasteiger partial charge is 0.496 e. The molecular weight excluding hydrogens is 345 g/mol. The number of aryl methyl sites for hydroxylation is 1. The number of aliphatic hydroxyl groups is 1. The first-order chi connectivity index (χ1) is 13.0. The van der Waals surface area contributed by atoms with Crippen LogP contribution >= 0.6 is 0 Å². The highest BCUT2D eigenvalue weighted by Gasteiger charge is 2.12. The zero-order chi connectivity index (χ0) is 19.6.